The zero-order valence-electron chi connectivity index (χ0n) is 14.6. The molecule has 3 fully saturated rings. The summed E-state index contributed by atoms with van der Waals surface area (Å²) in [6.45, 7) is 4.92. The molecule has 4 aliphatic rings. The van der Waals surface area contributed by atoms with Crippen molar-refractivity contribution in [2.75, 3.05) is 39.5 Å². The number of piperidine rings is 3. The predicted molar refractivity (Wildman–Crippen MR) is 99.5 cm³/mol. The Kier molecular flexibility index (Phi) is 4.49. The average molecular weight is 379 g/mol. The molecule has 6 rings (SSSR count). The van der Waals surface area contributed by atoms with Gasteiger partial charge >= 0.3 is 5.97 Å². The van der Waals surface area contributed by atoms with E-state index < -0.39 is 0 Å². The molecule has 0 spiro atoms. The molecular formula is C19H23ClN2O4. The summed E-state index contributed by atoms with van der Waals surface area (Å²) in [7, 11) is 0. The first-order valence-corrected chi connectivity index (χ1v) is 9.03. The summed E-state index contributed by atoms with van der Waals surface area (Å²) >= 11 is 0. The summed E-state index contributed by atoms with van der Waals surface area (Å²) < 4.78 is 17.2. The van der Waals surface area contributed by atoms with Crippen molar-refractivity contribution in [2.45, 2.75) is 19.3 Å². The van der Waals surface area contributed by atoms with Crippen LogP contribution in [0.2, 0.25) is 0 Å². The van der Waals surface area contributed by atoms with Crippen molar-refractivity contribution < 1.29 is 19.0 Å². The first kappa shape index (κ1) is 17.5. The molecule has 0 unspecified atom stereocenters. The minimum absolute atomic E-state index is 0. The number of nitrogens with zero attached hydrogens (tertiary/aromatic N) is 1. The molecule has 3 saturated heterocycles. The van der Waals surface area contributed by atoms with E-state index in [2.05, 4.69) is 9.88 Å². The van der Waals surface area contributed by atoms with E-state index in [1.165, 1.54) is 0 Å². The van der Waals surface area contributed by atoms with Crippen molar-refractivity contribution in [1.82, 2.24) is 9.88 Å². The van der Waals surface area contributed by atoms with Crippen LogP contribution in [0, 0.1) is 5.41 Å². The van der Waals surface area contributed by atoms with Gasteiger partial charge in [-0.3, -0.25) is 0 Å². The molecule has 0 atom stereocenters. The van der Waals surface area contributed by atoms with Crippen LogP contribution in [0.3, 0.4) is 0 Å². The largest absolute Gasteiger partial charge is 0.486 e. The second kappa shape index (κ2) is 6.67. The van der Waals surface area contributed by atoms with Gasteiger partial charge in [0.05, 0.1) is 23.1 Å². The number of benzene rings is 1. The molecule has 0 amide bonds. The Hall–Kier alpha value is -1.92. The highest BCUT2D eigenvalue weighted by Gasteiger charge is 2.40. The molecular weight excluding hydrogens is 356 g/mol. The van der Waals surface area contributed by atoms with Crippen LogP contribution in [0.4, 0.5) is 0 Å². The number of halogens is 1. The third kappa shape index (κ3) is 2.81. The Morgan fingerprint density at radius 1 is 1.15 bits per heavy atom. The van der Waals surface area contributed by atoms with Gasteiger partial charge in [-0.05, 0) is 51.0 Å². The summed E-state index contributed by atoms with van der Waals surface area (Å²) in [5, 5.41) is 0.762. The number of hydrogen-bond acceptors (Lipinski definition) is 5. The van der Waals surface area contributed by atoms with E-state index in [4.69, 9.17) is 14.2 Å². The lowest BCUT2D eigenvalue weighted by Gasteiger charge is -2.47. The maximum atomic E-state index is 12.8. The molecule has 1 N–H and O–H groups in total. The topological polar surface area (TPSA) is 63.8 Å². The number of hydrogen-bond donors (Lipinski definition) is 1. The van der Waals surface area contributed by atoms with Crippen LogP contribution in [0.15, 0.2) is 18.3 Å². The van der Waals surface area contributed by atoms with E-state index in [-0.39, 0.29) is 23.8 Å². The number of rotatable bonds is 3. The molecule has 1 aromatic heterocycles. The molecule has 0 radical (unpaired) electrons. The quantitative estimate of drug-likeness (QED) is 0.832. The van der Waals surface area contributed by atoms with Gasteiger partial charge in [-0.2, -0.15) is 0 Å². The van der Waals surface area contributed by atoms with Crippen LogP contribution in [0.5, 0.6) is 11.5 Å². The number of ether oxygens (including phenoxy) is 3. The van der Waals surface area contributed by atoms with Crippen molar-refractivity contribution in [1.29, 1.82) is 0 Å². The minimum atomic E-state index is -0.281. The van der Waals surface area contributed by atoms with Crippen molar-refractivity contribution in [3.63, 3.8) is 0 Å². The Morgan fingerprint density at radius 3 is 2.65 bits per heavy atom. The molecule has 2 bridgehead atoms. The number of carbonyl (C=O) groups excluding carboxylic acids is 1. The first-order valence-electron chi connectivity index (χ1n) is 9.03. The number of H-pyrrole nitrogens is 1. The molecule has 6 nitrogen and oxygen atoms in total. The highest BCUT2D eigenvalue weighted by atomic mass is 35.5. The van der Waals surface area contributed by atoms with Crippen LogP contribution in [-0.4, -0.2) is 55.3 Å². The molecule has 0 aliphatic carbocycles. The van der Waals surface area contributed by atoms with Crippen LogP contribution in [0.1, 0.15) is 29.6 Å². The lowest BCUT2D eigenvalue weighted by Crippen LogP contribution is -2.50. The smallest absolute Gasteiger partial charge is 0.340 e. The summed E-state index contributed by atoms with van der Waals surface area (Å²) in [5.74, 6) is 1.04. The Bertz CT molecular complexity index is 813. The Labute approximate surface area is 158 Å². The highest BCUT2D eigenvalue weighted by molar-refractivity contribution is 6.07. The van der Waals surface area contributed by atoms with Crippen LogP contribution in [0.25, 0.3) is 10.9 Å². The number of aromatic amines is 1. The summed E-state index contributed by atoms with van der Waals surface area (Å²) in [6.07, 6.45) is 5.09. The predicted octanol–water partition coefficient (Wildman–Crippen LogP) is 3.00. The van der Waals surface area contributed by atoms with E-state index in [1.807, 2.05) is 12.1 Å². The molecule has 4 aliphatic heterocycles. The van der Waals surface area contributed by atoms with Gasteiger partial charge in [-0.1, -0.05) is 0 Å². The molecule has 26 heavy (non-hydrogen) atoms. The van der Waals surface area contributed by atoms with Crippen molar-refractivity contribution in [3.8, 4) is 11.5 Å². The number of fused-ring (bicyclic) bond motifs is 6. The highest BCUT2D eigenvalue weighted by Crippen LogP contribution is 2.42. The first-order chi connectivity index (χ1) is 12.2. The van der Waals surface area contributed by atoms with Gasteiger partial charge in [0.25, 0.3) is 0 Å². The van der Waals surface area contributed by atoms with Gasteiger partial charge < -0.3 is 24.1 Å². The van der Waals surface area contributed by atoms with E-state index in [0.717, 1.165) is 49.8 Å². The molecule has 7 heteroatoms. The maximum Gasteiger partial charge on any atom is 0.340 e. The van der Waals surface area contributed by atoms with Crippen molar-refractivity contribution in [3.05, 3.63) is 23.9 Å². The van der Waals surface area contributed by atoms with Crippen molar-refractivity contribution in [2.24, 2.45) is 5.41 Å². The molecule has 1 aromatic carbocycles. The standard InChI is InChI=1S/C19H22N2O4.ClH/c22-18(25-12-19-3-6-21(7-4-19)8-5-19)13-11-20-14-1-2-15-17(16(13)14)24-10-9-23-15;/h1-2,11,20H,3-10,12H2;1H. The van der Waals surface area contributed by atoms with Gasteiger partial charge in [0.2, 0.25) is 0 Å². The van der Waals surface area contributed by atoms with Crippen molar-refractivity contribution >= 4 is 29.3 Å². The van der Waals surface area contributed by atoms with Gasteiger partial charge in [-0.15, -0.1) is 12.4 Å². The maximum absolute atomic E-state index is 12.8. The summed E-state index contributed by atoms with van der Waals surface area (Å²) in [5.41, 5.74) is 1.57. The fourth-order valence-electron chi connectivity index (χ4n) is 4.30. The van der Waals surface area contributed by atoms with E-state index >= 15 is 0 Å². The Morgan fingerprint density at radius 2 is 1.88 bits per heavy atom. The molecule has 0 saturated carbocycles. The number of carbonyl (C=O) groups is 1. The van der Waals surface area contributed by atoms with Gasteiger partial charge in [0, 0.05) is 11.6 Å². The third-order valence-electron chi connectivity index (χ3n) is 5.95. The summed E-state index contributed by atoms with van der Waals surface area (Å²) in [4.78, 5) is 18.4. The lowest BCUT2D eigenvalue weighted by atomic mass is 9.73. The molecule has 140 valence electrons. The second-order valence-electron chi connectivity index (χ2n) is 7.38. The lowest BCUT2D eigenvalue weighted by molar-refractivity contribution is -0.0304. The number of aromatic nitrogens is 1. The minimum Gasteiger partial charge on any atom is -0.486 e. The zero-order valence-corrected chi connectivity index (χ0v) is 15.4. The third-order valence-corrected chi connectivity index (χ3v) is 5.95. The SMILES string of the molecule is Cl.O=C(OCC12CCN(CC1)CC2)c1c[nH]c2ccc3c(c12)OCCO3. The number of esters is 1. The number of nitrogens with one attached hydrogen (secondary N) is 1. The fourth-order valence-corrected chi connectivity index (χ4v) is 4.30. The Balaban J connectivity index is 0.00000168. The van der Waals surface area contributed by atoms with E-state index in [9.17, 15) is 4.79 Å². The van der Waals surface area contributed by atoms with Crippen LogP contribution < -0.4 is 9.47 Å². The normalized spacial score (nSPS) is 26.4. The second-order valence-corrected chi connectivity index (χ2v) is 7.38. The van der Waals surface area contributed by atoms with Crippen LogP contribution in [-0.2, 0) is 4.74 Å². The van der Waals surface area contributed by atoms with Gasteiger partial charge in [0.1, 0.15) is 13.2 Å². The fraction of sp³-hybridized carbons (Fsp3) is 0.526. The molecule has 5 heterocycles. The van der Waals surface area contributed by atoms with Gasteiger partial charge in [-0.25, -0.2) is 4.79 Å². The van der Waals surface area contributed by atoms with E-state index in [0.29, 0.717) is 36.9 Å². The van der Waals surface area contributed by atoms with Crippen LogP contribution >= 0.6 is 12.4 Å². The van der Waals surface area contributed by atoms with Gasteiger partial charge in [0.15, 0.2) is 11.5 Å². The zero-order chi connectivity index (χ0) is 16.9. The summed E-state index contributed by atoms with van der Waals surface area (Å²) in [6, 6.07) is 3.78. The monoisotopic (exact) mass is 378 g/mol. The average Bonchev–Trinajstić information content (AvgIpc) is 3.12. The van der Waals surface area contributed by atoms with E-state index in [1.54, 1.807) is 6.20 Å². The molecule has 2 aromatic rings.